The molecular weight excluding hydrogens is 480 g/mol. The Balaban J connectivity index is 1.85. The van der Waals surface area contributed by atoms with E-state index in [2.05, 4.69) is 109 Å². The maximum absolute atomic E-state index is 12.4. The van der Waals surface area contributed by atoms with Gasteiger partial charge in [-0.3, -0.25) is 0 Å². The third-order valence-corrected chi connectivity index (χ3v) is 13.4. The summed E-state index contributed by atoms with van der Waals surface area (Å²) in [6.45, 7) is 4.57. The molecule has 1 saturated carbocycles. The van der Waals surface area contributed by atoms with Crippen molar-refractivity contribution in [2.45, 2.75) is 52.4 Å². The molecule has 36 heavy (non-hydrogen) atoms. The molecule has 3 aromatic rings. The van der Waals surface area contributed by atoms with Gasteiger partial charge in [-0.05, 0) is 0 Å². The molecule has 5 heteroatoms. The van der Waals surface area contributed by atoms with Gasteiger partial charge in [0.2, 0.25) is 0 Å². The van der Waals surface area contributed by atoms with Crippen LogP contribution in [0.5, 0.6) is 0 Å². The summed E-state index contributed by atoms with van der Waals surface area (Å²) in [5.41, 5.74) is 3.89. The first-order valence-electron chi connectivity index (χ1n) is 12.8. The Bertz CT molecular complexity index is 1070. The van der Waals surface area contributed by atoms with Crippen molar-refractivity contribution < 1.29 is 27.5 Å². The number of nitrogens with one attached hydrogen (secondary N) is 2. The minimum atomic E-state index is -2.14. The van der Waals surface area contributed by atoms with Gasteiger partial charge in [-0.2, -0.15) is 0 Å². The van der Waals surface area contributed by atoms with Crippen molar-refractivity contribution in [1.82, 2.24) is 10.6 Å². The van der Waals surface area contributed by atoms with Crippen molar-refractivity contribution in [1.29, 1.82) is 0 Å². The second kappa shape index (κ2) is 12.0. The van der Waals surface area contributed by atoms with Gasteiger partial charge >= 0.3 is 222 Å². The van der Waals surface area contributed by atoms with Crippen LogP contribution in [0.3, 0.4) is 0 Å². The van der Waals surface area contributed by atoms with Crippen LogP contribution in [-0.2, 0) is 43.3 Å². The number of rotatable bonds is 11. The number of carbonyl (C=O) groups excluding carboxylic acids is 2. The molecule has 3 aromatic carbocycles. The van der Waals surface area contributed by atoms with Crippen LogP contribution >= 0.6 is 0 Å². The molecular formula is C31H37N2O2Ti. The van der Waals surface area contributed by atoms with Gasteiger partial charge in [0.1, 0.15) is 0 Å². The first-order chi connectivity index (χ1) is 17.5. The van der Waals surface area contributed by atoms with E-state index in [0.717, 1.165) is 41.5 Å². The van der Waals surface area contributed by atoms with Crippen molar-refractivity contribution in [2.24, 2.45) is 11.3 Å². The Hall–Kier alpha value is -2.69. The SMILES string of the molecule is CC1(C)CC(NC=O)C(Cc2ccccc2)[C](NC=O)([Ti]([CH2]c2ccccc2)[CH2]c2ccccc2)C1. The van der Waals surface area contributed by atoms with Crippen LogP contribution < -0.4 is 10.6 Å². The van der Waals surface area contributed by atoms with Gasteiger partial charge in [0, 0.05) is 0 Å². The number of hydrogen-bond donors (Lipinski definition) is 2. The molecule has 3 unspecified atom stereocenters. The van der Waals surface area contributed by atoms with Crippen molar-refractivity contribution >= 4 is 12.8 Å². The zero-order valence-corrected chi connectivity index (χ0v) is 22.9. The molecule has 4 nitrogen and oxygen atoms in total. The van der Waals surface area contributed by atoms with E-state index in [1.807, 2.05) is 6.07 Å². The third-order valence-electron chi connectivity index (χ3n) is 7.70. The van der Waals surface area contributed by atoms with E-state index in [0.29, 0.717) is 0 Å². The Morgan fingerprint density at radius 2 is 1.28 bits per heavy atom. The molecule has 0 spiro atoms. The summed E-state index contributed by atoms with van der Waals surface area (Å²) >= 11 is -2.14. The second-order valence-corrected chi connectivity index (χ2v) is 15.3. The fourth-order valence-electron chi connectivity index (χ4n) is 6.30. The van der Waals surface area contributed by atoms with Gasteiger partial charge in [-0.1, -0.05) is 0 Å². The fraction of sp³-hybridized carbons (Fsp3) is 0.355. The second-order valence-electron chi connectivity index (χ2n) is 10.9. The zero-order chi connectivity index (χ0) is 25.4. The minimum absolute atomic E-state index is 0.00653. The van der Waals surface area contributed by atoms with E-state index >= 15 is 0 Å². The predicted molar refractivity (Wildman–Crippen MR) is 142 cm³/mol. The number of carbonyl (C=O) groups is 2. The summed E-state index contributed by atoms with van der Waals surface area (Å²) < 4.78 is 1.67. The van der Waals surface area contributed by atoms with Crippen molar-refractivity contribution in [3.05, 3.63) is 108 Å². The fourth-order valence-corrected chi connectivity index (χ4v) is 12.6. The Labute approximate surface area is 221 Å². The monoisotopic (exact) mass is 517 g/mol. The van der Waals surface area contributed by atoms with Gasteiger partial charge in [0.15, 0.2) is 0 Å². The van der Waals surface area contributed by atoms with Crippen molar-refractivity contribution in [2.75, 3.05) is 0 Å². The first-order valence-corrected chi connectivity index (χ1v) is 15.8. The van der Waals surface area contributed by atoms with Crippen molar-refractivity contribution in [3.8, 4) is 0 Å². The number of amides is 2. The summed E-state index contributed by atoms with van der Waals surface area (Å²) in [6, 6.07) is 31.9. The van der Waals surface area contributed by atoms with Crippen molar-refractivity contribution in [3.63, 3.8) is 0 Å². The van der Waals surface area contributed by atoms with Crippen LogP contribution in [0.2, 0.25) is 0 Å². The van der Waals surface area contributed by atoms with Crippen LogP contribution in [0, 0.1) is 11.3 Å². The van der Waals surface area contributed by atoms with E-state index in [1.165, 1.54) is 16.7 Å². The maximum atomic E-state index is 12.4. The van der Waals surface area contributed by atoms with Gasteiger partial charge in [0.05, 0.1) is 0 Å². The van der Waals surface area contributed by atoms with E-state index < -0.39 is 17.9 Å². The Morgan fingerprint density at radius 3 is 1.75 bits per heavy atom. The van der Waals surface area contributed by atoms with Gasteiger partial charge in [0.25, 0.3) is 0 Å². The zero-order valence-electron chi connectivity index (χ0n) is 21.3. The summed E-state index contributed by atoms with van der Waals surface area (Å²) in [4.78, 5) is 24.2. The van der Waals surface area contributed by atoms with E-state index in [-0.39, 0.29) is 21.2 Å². The van der Waals surface area contributed by atoms with E-state index in [1.54, 1.807) is 0 Å². The Morgan fingerprint density at radius 1 is 0.778 bits per heavy atom. The molecule has 0 radical (unpaired) electrons. The summed E-state index contributed by atoms with van der Waals surface area (Å²) in [6.07, 6.45) is 4.42. The number of hydrogen-bond acceptors (Lipinski definition) is 2. The number of benzene rings is 3. The average molecular weight is 518 g/mol. The average Bonchev–Trinajstić information content (AvgIpc) is 2.87. The third kappa shape index (κ3) is 6.35. The molecule has 1 aliphatic carbocycles. The molecule has 0 heterocycles. The standard InChI is InChI=1S/C17H23N2O2.2C7H7.Ti/c1-17(2)9-15(18-11-20)14(16(10-17)19-12-21)8-13-6-4-3-5-7-13;2*1-7-5-3-2-4-6-7;/h3-7,11-12,14-15H,8-10H2,1-2H3,(H,18,20)(H,19,21);2*2-6H,1H2;. The van der Waals surface area contributed by atoms with Crippen LogP contribution in [0.1, 0.15) is 43.4 Å². The van der Waals surface area contributed by atoms with Crippen LogP contribution in [-0.4, -0.2) is 22.7 Å². The van der Waals surface area contributed by atoms with Crippen LogP contribution in [0.4, 0.5) is 0 Å². The topological polar surface area (TPSA) is 58.2 Å². The molecule has 1 aliphatic rings. The summed E-state index contributed by atoms with van der Waals surface area (Å²) in [5.74, 6) is 0.116. The molecule has 2 amide bonds. The molecule has 2 N–H and O–H groups in total. The van der Waals surface area contributed by atoms with Gasteiger partial charge < -0.3 is 0 Å². The summed E-state index contributed by atoms with van der Waals surface area (Å²) in [7, 11) is 0. The molecule has 3 atom stereocenters. The first kappa shape index (κ1) is 26.4. The molecule has 0 bridgehead atoms. The van der Waals surface area contributed by atoms with E-state index in [4.69, 9.17) is 0 Å². The molecule has 187 valence electrons. The molecule has 0 saturated heterocycles. The van der Waals surface area contributed by atoms with Gasteiger partial charge in [-0.25, -0.2) is 0 Å². The normalized spacial score (nSPS) is 22.8. The molecule has 0 aromatic heterocycles. The molecule has 4 rings (SSSR count). The quantitative estimate of drug-likeness (QED) is 0.270. The predicted octanol–water partition coefficient (Wildman–Crippen LogP) is 5.24. The van der Waals surface area contributed by atoms with Gasteiger partial charge in [-0.15, -0.1) is 0 Å². The summed E-state index contributed by atoms with van der Waals surface area (Å²) in [5, 5.41) is 6.69. The molecule has 1 fully saturated rings. The molecule has 0 aliphatic heterocycles. The van der Waals surface area contributed by atoms with Crippen LogP contribution in [0.15, 0.2) is 91.0 Å². The Kier molecular flexibility index (Phi) is 8.82. The van der Waals surface area contributed by atoms with Crippen LogP contribution in [0.25, 0.3) is 0 Å². The van der Waals surface area contributed by atoms with E-state index in [9.17, 15) is 9.59 Å².